The van der Waals surface area contributed by atoms with Gasteiger partial charge in [-0.25, -0.2) is 0 Å². The van der Waals surface area contributed by atoms with E-state index < -0.39 is 0 Å². The summed E-state index contributed by atoms with van der Waals surface area (Å²) in [7, 11) is 1.65. The van der Waals surface area contributed by atoms with Crippen molar-refractivity contribution in [3.63, 3.8) is 0 Å². The Bertz CT molecular complexity index is 1170. The molecule has 1 unspecified atom stereocenters. The number of aromatic nitrogens is 2. The lowest BCUT2D eigenvalue weighted by Crippen LogP contribution is -2.31. The summed E-state index contributed by atoms with van der Waals surface area (Å²) < 4.78 is 10.8. The third-order valence-corrected chi connectivity index (χ3v) is 5.87. The van der Waals surface area contributed by atoms with Crippen molar-refractivity contribution >= 4 is 5.91 Å². The Kier molecular flexibility index (Phi) is 6.51. The highest BCUT2D eigenvalue weighted by atomic mass is 16.5. The molecule has 2 aromatic carbocycles. The van der Waals surface area contributed by atoms with Crippen molar-refractivity contribution in [2.75, 3.05) is 26.9 Å². The molecule has 0 radical (unpaired) electrons. The third kappa shape index (κ3) is 4.24. The topological polar surface area (TPSA) is 87.7 Å². The second kappa shape index (κ2) is 9.50. The maximum absolute atomic E-state index is 13.4. The number of amides is 1. The van der Waals surface area contributed by atoms with Crippen molar-refractivity contribution in [1.82, 2.24) is 15.1 Å². The van der Waals surface area contributed by atoms with Gasteiger partial charge in [-0.1, -0.05) is 30.9 Å². The number of ether oxygens (including phenoxy) is 2. The van der Waals surface area contributed by atoms with E-state index in [1.54, 1.807) is 13.2 Å². The number of H-pyrrole nitrogens is 1. The van der Waals surface area contributed by atoms with Crippen LogP contribution >= 0.6 is 0 Å². The largest absolute Gasteiger partial charge is 0.507 e. The molecule has 0 spiro atoms. The molecule has 0 saturated heterocycles. The lowest BCUT2D eigenvalue weighted by molar-refractivity contribution is 0.0723. The zero-order valence-electron chi connectivity index (χ0n) is 19.2. The second-order valence-corrected chi connectivity index (χ2v) is 8.26. The molecule has 1 amide bonds. The minimum Gasteiger partial charge on any atom is -0.507 e. The van der Waals surface area contributed by atoms with Crippen LogP contribution in [0.3, 0.4) is 0 Å². The Morgan fingerprint density at radius 3 is 2.70 bits per heavy atom. The van der Waals surface area contributed by atoms with Crippen LogP contribution < -0.4 is 4.74 Å². The first-order chi connectivity index (χ1) is 16.0. The van der Waals surface area contributed by atoms with Crippen molar-refractivity contribution < 1.29 is 19.4 Å². The van der Waals surface area contributed by atoms with Crippen molar-refractivity contribution in [3.8, 4) is 22.8 Å². The number of nitrogens with zero attached hydrogens (tertiary/aromatic N) is 2. The van der Waals surface area contributed by atoms with Gasteiger partial charge in [0.25, 0.3) is 5.91 Å². The number of aryl methyl sites for hydroxylation is 2. The Morgan fingerprint density at radius 2 is 2.00 bits per heavy atom. The van der Waals surface area contributed by atoms with Crippen LogP contribution in [0.2, 0.25) is 0 Å². The van der Waals surface area contributed by atoms with Crippen LogP contribution in [0, 0.1) is 13.8 Å². The van der Waals surface area contributed by atoms with Gasteiger partial charge in [0.05, 0.1) is 6.04 Å². The molecule has 0 fully saturated rings. The molecule has 3 aromatic rings. The van der Waals surface area contributed by atoms with Gasteiger partial charge in [-0.3, -0.25) is 9.89 Å². The second-order valence-electron chi connectivity index (χ2n) is 8.26. The van der Waals surface area contributed by atoms with Gasteiger partial charge in [-0.2, -0.15) is 5.10 Å². The Morgan fingerprint density at radius 1 is 1.24 bits per heavy atom. The first-order valence-electron chi connectivity index (χ1n) is 11.0. The van der Waals surface area contributed by atoms with Gasteiger partial charge in [-0.05, 0) is 55.2 Å². The van der Waals surface area contributed by atoms with Gasteiger partial charge in [-0.15, -0.1) is 0 Å². The summed E-state index contributed by atoms with van der Waals surface area (Å²) in [6.07, 6.45) is 2.41. The van der Waals surface area contributed by atoms with Crippen LogP contribution in [0.15, 0.2) is 49.1 Å². The number of rotatable bonds is 9. The minimum absolute atomic E-state index is 0.110. The van der Waals surface area contributed by atoms with E-state index in [-0.39, 0.29) is 17.7 Å². The van der Waals surface area contributed by atoms with Crippen LogP contribution in [0.25, 0.3) is 11.3 Å². The van der Waals surface area contributed by atoms with Gasteiger partial charge in [0, 0.05) is 31.4 Å². The van der Waals surface area contributed by atoms with Gasteiger partial charge >= 0.3 is 0 Å². The van der Waals surface area contributed by atoms with Gasteiger partial charge < -0.3 is 19.5 Å². The Labute approximate surface area is 193 Å². The average molecular weight is 448 g/mol. The van der Waals surface area contributed by atoms with Crippen LogP contribution in [0.1, 0.15) is 45.2 Å². The van der Waals surface area contributed by atoms with E-state index in [1.165, 1.54) is 0 Å². The summed E-state index contributed by atoms with van der Waals surface area (Å²) in [5.41, 5.74) is 5.16. The van der Waals surface area contributed by atoms with Crippen molar-refractivity contribution in [3.05, 3.63) is 77.0 Å². The molecular weight excluding hydrogens is 418 g/mol. The highest BCUT2D eigenvalue weighted by Gasteiger charge is 2.42. The number of phenols is 1. The summed E-state index contributed by atoms with van der Waals surface area (Å²) in [4.78, 5) is 15.2. The van der Waals surface area contributed by atoms with Crippen molar-refractivity contribution in [2.24, 2.45) is 0 Å². The fourth-order valence-corrected chi connectivity index (χ4v) is 4.40. The van der Waals surface area contributed by atoms with Gasteiger partial charge in [0.1, 0.15) is 29.5 Å². The lowest BCUT2D eigenvalue weighted by atomic mass is 9.94. The molecule has 4 rings (SSSR count). The normalized spacial score (nSPS) is 15.1. The van der Waals surface area contributed by atoms with E-state index in [0.29, 0.717) is 43.1 Å². The molecule has 33 heavy (non-hydrogen) atoms. The SMILES string of the molecule is C=CCOc1ccc(C2c3c(-c4cc(C)cc(C)c4O)n[nH]c3C(=O)N2CCCOC)cc1. The van der Waals surface area contributed by atoms with Gasteiger partial charge in [0.15, 0.2) is 0 Å². The monoisotopic (exact) mass is 447 g/mol. The van der Waals surface area contributed by atoms with E-state index in [4.69, 9.17) is 9.47 Å². The zero-order chi connectivity index (χ0) is 23.5. The number of carbonyl (C=O) groups is 1. The molecule has 1 aromatic heterocycles. The maximum Gasteiger partial charge on any atom is 0.273 e. The number of benzene rings is 2. The summed E-state index contributed by atoms with van der Waals surface area (Å²) in [6, 6.07) is 11.2. The molecule has 1 aliphatic rings. The molecule has 0 saturated carbocycles. The van der Waals surface area contributed by atoms with Crippen LogP contribution in [0.5, 0.6) is 11.5 Å². The van der Waals surface area contributed by atoms with Crippen molar-refractivity contribution in [1.29, 1.82) is 0 Å². The predicted molar refractivity (Wildman–Crippen MR) is 127 cm³/mol. The summed E-state index contributed by atoms with van der Waals surface area (Å²) >= 11 is 0. The number of carbonyl (C=O) groups excluding carboxylic acids is 1. The lowest BCUT2D eigenvalue weighted by Gasteiger charge is -2.26. The number of hydrogen-bond acceptors (Lipinski definition) is 5. The van der Waals surface area contributed by atoms with E-state index >= 15 is 0 Å². The molecule has 7 nitrogen and oxygen atoms in total. The first kappa shape index (κ1) is 22.6. The van der Waals surface area contributed by atoms with E-state index in [0.717, 1.165) is 28.0 Å². The molecule has 0 bridgehead atoms. The number of aromatic amines is 1. The molecule has 0 aliphatic carbocycles. The molecule has 2 heterocycles. The van der Waals surface area contributed by atoms with Crippen LogP contribution in [-0.2, 0) is 4.74 Å². The van der Waals surface area contributed by atoms with Crippen LogP contribution in [-0.4, -0.2) is 53.0 Å². The standard InChI is InChI=1S/C26H29N3O4/c1-5-12-33-19-9-7-18(8-10-19)24-21-22(20-15-16(2)14-17(3)25(20)30)27-28-23(21)26(31)29(24)11-6-13-32-4/h5,7-10,14-15,24,30H,1,6,11-13H2,2-4H3,(H,27,28). The Balaban J connectivity index is 1.81. The number of fused-ring (bicyclic) bond motifs is 1. The van der Waals surface area contributed by atoms with E-state index in [9.17, 15) is 9.90 Å². The van der Waals surface area contributed by atoms with E-state index in [1.807, 2.05) is 55.1 Å². The summed E-state index contributed by atoms with van der Waals surface area (Å²) in [5, 5.41) is 18.2. The Hall–Kier alpha value is -3.58. The molecule has 1 atom stereocenters. The average Bonchev–Trinajstić information content (AvgIpc) is 3.34. The van der Waals surface area contributed by atoms with Crippen LogP contribution in [0.4, 0.5) is 0 Å². The smallest absolute Gasteiger partial charge is 0.273 e. The predicted octanol–water partition coefficient (Wildman–Crippen LogP) is 4.55. The number of methoxy groups -OCH3 is 1. The quantitative estimate of drug-likeness (QED) is 0.371. The molecule has 1 aliphatic heterocycles. The fraction of sp³-hybridized carbons (Fsp3) is 0.308. The molecule has 172 valence electrons. The zero-order valence-corrected chi connectivity index (χ0v) is 19.2. The van der Waals surface area contributed by atoms with E-state index in [2.05, 4.69) is 16.8 Å². The van der Waals surface area contributed by atoms with Crippen molar-refractivity contribution in [2.45, 2.75) is 26.3 Å². The fourth-order valence-electron chi connectivity index (χ4n) is 4.40. The highest BCUT2D eigenvalue weighted by molar-refractivity contribution is 6.00. The number of phenolic OH excluding ortho intramolecular Hbond substituents is 1. The maximum atomic E-state index is 13.4. The minimum atomic E-state index is -0.341. The molecular formula is C26H29N3O4. The highest BCUT2D eigenvalue weighted by Crippen LogP contribution is 2.45. The summed E-state index contributed by atoms with van der Waals surface area (Å²) in [5.74, 6) is 0.793. The summed E-state index contributed by atoms with van der Waals surface area (Å²) in [6.45, 7) is 9.03. The van der Waals surface area contributed by atoms with Gasteiger partial charge in [0.2, 0.25) is 0 Å². The third-order valence-electron chi connectivity index (χ3n) is 5.87. The molecule has 7 heteroatoms. The first-order valence-corrected chi connectivity index (χ1v) is 11.0. The number of nitrogens with one attached hydrogen (secondary N) is 1. The molecule has 2 N–H and O–H groups in total. The number of aromatic hydroxyl groups is 1. The number of hydrogen-bond donors (Lipinski definition) is 2.